The Morgan fingerprint density at radius 1 is 1.21 bits per heavy atom. The Bertz CT molecular complexity index is 529. The Balaban J connectivity index is 1.52. The second kappa shape index (κ2) is 8.17. The van der Waals surface area contributed by atoms with Crippen molar-refractivity contribution >= 4 is 11.6 Å². The number of aryl methyl sites for hydroxylation is 1. The zero-order valence-corrected chi connectivity index (χ0v) is 15.6. The van der Waals surface area contributed by atoms with Crippen molar-refractivity contribution in [2.75, 3.05) is 32.7 Å². The lowest BCUT2D eigenvalue weighted by atomic mass is 10.0. The van der Waals surface area contributed by atoms with E-state index >= 15 is 0 Å². The number of imidazole rings is 1. The number of piperidine rings is 1. The molecule has 136 valence electrons. The maximum Gasteiger partial charge on any atom is 0.151 e. The van der Waals surface area contributed by atoms with E-state index in [2.05, 4.69) is 26.7 Å². The highest BCUT2D eigenvalue weighted by molar-refractivity contribution is 6.30. The Labute approximate surface area is 150 Å². The van der Waals surface area contributed by atoms with Crippen LogP contribution < -0.4 is 0 Å². The van der Waals surface area contributed by atoms with Crippen molar-refractivity contribution in [2.45, 2.75) is 64.0 Å². The van der Waals surface area contributed by atoms with Crippen molar-refractivity contribution in [3.8, 4) is 0 Å². The maximum atomic E-state index is 10.9. The summed E-state index contributed by atoms with van der Waals surface area (Å²) in [6.07, 6.45) is 7.95. The van der Waals surface area contributed by atoms with Gasteiger partial charge < -0.3 is 15.0 Å². The first kappa shape index (κ1) is 18.2. The number of rotatable bonds is 7. The summed E-state index contributed by atoms with van der Waals surface area (Å²) in [6, 6.07) is 0. The van der Waals surface area contributed by atoms with Gasteiger partial charge >= 0.3 is 0 Å². The summed E-state index contributed by atoms with van der Waals surface area (Å²) in [5.74, 6) is 0.986. The van der Waals surface area contributed by atoms with Gasteiger partial charge in [-0.15, -0.1) is 0 Å². The predicted octanol–water partition coefficient (Wildman–Crippen LogP) is 2.83. The first-order chi connectivity index (χ1) is 11.6. The molecule has 5 nitrogen and oxygen atoms in total. The number of nitrogens with one attached hydrogen (secondary N) is 1. The van der Waals surface area contributed by atoms with Crippen LogP contribution in [0, 0.1) is 0 Å². The highest BCUT2D eigenvalue weighted by Gasteiger charge is 2.38. The van der Waals surface area contributed by atoms with Crippen LogP contribution in [0.25, 0.3) is 0 Å². The first-order valence-corrected chi connectivity index (χ1v) is 9.86. The molecule has 1 aromatic heterocycles. The van der Waals surface area contributed by atoms with E-state index in [4.69, 9.17) is 11.6 Å². The fourth-order valence-corrected chi connectivity index (χ4v) is 4.18. The zero-order chi connectivity index (χ0) is 17.0. The summed E-state index contributed by atoms with van der Waals surface area (Å²) < 4.78 is 0. The number of H-pyrrole nitrogens is 1. The molecule has 0 amide bonds. The lowest BCUT2D eigenvalue weighted by Crippen LogP contribution is -2.46. The van der Waals surface area contributed by atoms with E-state index in [-0.39, 0.29) is 0 Å². The van der Waals surface area contributed by atoms with Crippen LogP contribution >= 0.6 is 11.6 Å². The molecule has 2 aliphatic rings. The van der Waals surface area contributed by atoms with Gasteiger partial charge in [0.15, 0.2) is 5.15 Å². The van der Waals surface area contributed by atoms with Crippen LogP contribution in [0.2, 0.25) is 5.15 Å². The Morgan fingerprint density at radius 3 is 2.75 bits per heavy atom. The molecule has 2 saturated heterocycles. The minimum atomic E-state index is -0.575. The van der Waals surface area contributed by atoms with Crippen LogP contribution in [0.15, 0.2) is 0 Å². The van der Waals surface area contributed by atoms with Gasteiger partial charge in [-0.05, 0) is 38.8 Å². The van der Waals surface area contributed by atoms with Crippen LogP contribution in [-0.4, -0.2) is 63.2 Å². The maximum absolute atomic E-state index is 10.9. The molecule has 0 radical (unpaired) electrons. The van der Waals surface area contributed by atoms with Crippen LogP contribution in [0.5, 0.6) is 0 Å². The van der Waals surface area contributed by atoms with Crippen molar-refractivity contribution in [3.05, 3.63) is 16.7 Å². The minimum absolute atomic E-state index is 0.575. The number of β-amino-alcohol motifs (C(OH)–C–C–N with tert-alkyl or cyclic N) is 1. The summed E-state index contributed by atoms with van der Waals surface area (Å²) in [5, 5.41) is 11.5. The molecule has 0 aromatic carbocycles. The lowest BCUT2D eigenvalue weighted by Gasteiger charge is -2.33. The molecule has 2 aliphatic heterocycles. The van der Waals surface area contributed by atoms with Gasteiger partial charge in [0.2, 0.25) is 0 Å². The SMILES string of the molecule is CCCCc1nc(Cl)c(CN2CCC(O)(CN3CCCCC3)C2)[nH]1. The fourth-order valence-electron chi connectivity index (χ4n) is 3.97. The highest BCUT2D eigenvalue weighted by Crippen LogP contribution is 2.26. The van der Waals surface area contributed by atoms with E-state index in [0.717, 1.165) is 76.5 Å². The monoisotopic (exact) mass is 354 g/mol. The van der Waals surface area contributed by atoms with Gasteiger partial charge in [-0.3, -0.25) is 4.90 Å². The van der Waals surface area contributed by atoms with E-state index in [1.807, 2.05) is 0 Å². The van der Waals surface area contributed by atoms with Gasteiger partial charge in [-0.25, -0.2) is 4.98 Å². The fraction of sp³-hybridized carbons (Fsp3) is 0.833. The molecule has 1 unspecified atom stereocenters. The number of nitrogens with zero attached hydrogens (tertiary/aromatic N) is 3. The van der Waals surface area contributed by atoms with Crippen LogP contribution in [-0.2, 0) is 13.0 Å². The lowest BCUT2D eigenvalue weighted by molar-refractivity contribution is 0.00628. The number of hydrogen-bond donors (Lipinski definition) is 2. The second-order valence-electron chi connectivity index (χ2n) is 7.58. The Kier molecular flexibility index (Phi) is 6.19. The molecular weight excluding hydrogens is 324 g/mol. The standard InChI is InChI=1S/C18H31ClN4O/c1-2-3-7-16-20-15(17(19)21-16)12-23-11-8-18(24,14-23)13-22-9-5-4-6-10-22/h24H,2-14H2,1H3,(H,20,21). The Hall–Kier alpha value is -0.620. The van der Waals surface area contributed by atoms with Crippen LogP contribution in [0.3, 0.4) is 0 Å². The Morgan fingerprint density at radius 2 is 2.00 bits per heavy atom. The molecule has 0 saturated carbocycles. The number of aromatic amines is 1. The van der Waals surface area contributed by atoms with E-state index in [1.54, 1.807) is 0 Å². The van der Waals surface area contributed by atoms with Crippen molar-refractivity contribution in [2.24, 2.45) is 0 Å². The number of likely N-dealkylation sites (tertiary alicyclic amines) is 2. The smallest absolute Gasteiger partial charge is 0.151 e. The van der Waals surface area contributed by atoms with Crippen molar-refractivity contribution in [1.29, 1.82) is 0 Å². The molecule has 2 fully saturated rings. The quantitative estimate of drug-likeness (QED) is 0.790. The third-order valence-corrected chi connectivity index (χ3v) is 5.62. The van der Waals surface area contributed by atoms with Crippen molar-refractivity contribution in [1.82, 2.24) is 19.8 Å². The summed E-state index contributed by atoms with van der Waals surface area (Å²) in [5.41, 5.74) is 0.416. The number of halogens is 1. The largest absolute Gasteiger partial charge is 0.387 e. The zero-order valence-electron chi connectivity index (χ0n) is 14.9. The first-order valence-electron chi connectivity index (χ1n) is 9.48. The third-order valence-electron chi connectivity index (χ3n) is 5.30. The number of aromatic nitrogens is 2. The molecular formula is C18H31ClN4O. The van der Waals surface area contributed by atoms with E-state index in [9.17, 15) is 5.11 Å². The molecule has 6 heteroatoms. The predicted molar refractivity (Wildman–Crippen MR) is 97.3 cm³/mol. The van der Waals surface area contributed by atoms with Crippen molar-refractivity contribution < 1.29 is 5.11 Å². The molecule has 3 rings (SSSR count). The summed E-state index contributed by atoms with van der Waals surface area (Å²) >= 11 is 6.29. The van der Waals surface area contributed by atoms with Gasteiger partial charge in [-0.2, -0.15) is 0 Å². The average molecular weight is 355 g/mol. The normalized spacial score (nSPS) is 26.3. The highest BCUT2D eigenvalue weighted by atomic mass is 35.5. The van der Waals surface area contributed by atoms with Gasteiger partial charge in [0.25, 0.3) is 0 Å². The molecule has 1 atom stereocenters. The molecule has 24 heavy (non-hydrogen) atoms. The van der Waals surface area contributed by atoms with E-state index in [0.29, 0.717) is 5.15 Å². The topological polar surface area (TPSA) is 55.4 Å². The van der Waals surface area contributed by atoms with Crippen LogP contribution in [0.1, 0.15) is 57.0 Å². The van der Waals surface area contributed by atoms with E-state index < -0.39 is 5.60 Å². The summed E-state index contributed by atoms with van der Waals surface area (Å²) in [6.45, 7) is 7.65. The number of unbranched alkanes of at least 4 members (excludes halogenated alkanes) is 1. The molecule has 3 heterocycles. The molecule has 0 aliphatic carbocycles. The van der Waals surface area contributed by atoms with Gasteiger partial charge in [0.1, 0.15) is 5.82 Å². The minimum Gasteiger partial charge on any atom is -0.387 e. The van der Waals surface area contributed by atoms with Gasteiger partial charge in [0.05, 0.1) is 11.3 Å². The molecule has 0 spiro atoms. The average Bonchev–Trinajstić information content (AvgIpc) is 3.10. The summed E-state index contributed by atoms with van der Waals surface area (Å²) in [4.78, 5) is 12.5. The summed E-state index contributed by atoms with van der Waals surface area (Å²) in [7, 11) is 0. The van der Waals surface area contributed by atoms with E-state index in [1.165, 1.54) is 19.3 Å². The second-order valence-corrected chi connectivity index (χ2v) is 7.94. The number of hydrogen-bond acceptors (Lipinski definition) is 4. The number of aliphatic hydroxyl groups is 1. The molecule has 0 bridgehead atoms. The molecule has 1 aromatic rings. The van der Waals surface area contributed by atoms with Crippen molar-refractivity contribution in [3.63, 3.8) is 0 Å². The van der Waals surface area contributed by atoms with Gasteiger partial charge in [0, 0.05) is 32.6 Å². The molecule has 2 N–H and O–H groups in total. The van der Waals surface area contributed by atoms with Gasteiger partial charge in [-0.1, -0.05) is 31.4 Å². The third kappa shape index (κ3) is 4.72. The van der Waals surface area contributed by atoms with Crippen LogP contribution in [0.4, 0.5) is 0 Å².